The second kappa shape index (κ2) is 5.92. The first kappa shape index (κ1) is 15.0. The molecular formula is C14H17N3O4. The summed E-state index contributed by atoms with van der Waals surface area (Å²) >= 11 is 0. The Balaban J connectivity index is 2.47. The summed E-state index contributed by atoms with van der Waals surface area (Å²) < 4.78 is 7.10. The van der Waals surface area contributed by atoms with E-state index in [9.17, 15) is 15.2 Å². The van der Waals surface area contributed by atoms with Crippen molar-refractivity contribution >= 4 is 5.69 Å². The van der Waals surface area contributed by atoms with Crippen molar-refractivity contribution in [1.29, 1.82) is 0 Å². The monoisotopic (exact) mass is 291 g/mol. The van der Waals surface area contributed by atoms with Crippen molar-refractivity contribution in [3.63, 3.8) is 0 Å². The molecule has 1 heterocycles. The molecule has 0 aliphatic rings. The molecule has 7 heteroatoms. The molecule has 0 saturated heterocycles. The third-order valence-electron chi connectivity index (χ3n) is 3.28. The zero-order chi connectivity index (χ0) is 15.6. The maximum atomic E-state index is 11.2. The summed E-state index contributed by atoms with van der Waals surface area (Å²) in [6.07, 6.45) is 0.702. The molecule has 2 aromatic rings. The predicted octanol–water partition coefficient (Wildman–Crippen LogP) is 2.48. The van der Waals surface area contributed by atoms with Gasteiger partial charge in [0, 0.05) is 13.1 Å². The summed E-state index contributed by atoms with van der Waals surface area (Å²) in [5.74, 6) is 0.442. The van der Waals surface area contributed by atoms with E-state index in [-0.39, 0.29) is 18.0 Å². The largest absolute Gasteiger partial charge is 0.432 e. The number of aromatic nitrogens is 2. The molecule has 0 aliphatic heterocycles. The molecule has 0 unspecified atom stereocenters. The molecule has 1 aromatic heterocycles. The highest BCUT2D eigenvalue weighted by molar-refractivity contribution is 5.51. The van der Waals surface area contributed by atoms with Gasteiger partial charge in [-0.25, -0.2) is 4.68 Å². The van der Waals surface area contributed by atoms with Gasteiger partial charge in [0.05, 0.1) is 22.8 Å². The highest BCUT2D eigenvalue weighted by Crippen LogP contribution is 2.34. The number of aliphatic hydroxyl groups excluding tert-OH is 1. The number of aliphatic hydroxyl groups is 1. The van der Waals surface area contributed by atoms with Gasteiger partial charge in [-0.1, -0.05) is 13.0 Å². The highest BCUT2D eigenvalue weighted by atomic mass is 16.6. The number of nitro benzene ring substituents is 1. The summed E-state index contributed by atoms with van der Waals surface area (Å²) in [5.41, 5.74) is 1.91. The molecular weight excluding hydrogens is 274 g/mol. The minimum atomic E-state index is -0.476. The van der Waals surface area contributed by atoms with E-state index >= 15 is 0 Å². The van der Waals surface area contributed by atoms with Crippen LogP contribution in [0.1, 0.15) is 23.7 Å². The molecule has 1 N–H and O–H groups in total. The van der Waals surface area contributed by atoms with Crippen molar-refractivity contribution in [2.45, 2.75) is 26.9 Å². The molecule has 0 fully saturated rings. The molecule has 1 aromatic carbocycles. The number of nitrogens with zero attached hydrogens (tertiary/aromatic N) is 3. The molecule has 0 amide bonds. The van der Waals surface area contributed by atoms with Crippen molar-refractivity contribution in [1.82, 2.24) is 9.78 Å². The fourth-order valence-corrected chi connectivity index (χ4v) is 2.11. The fraction of sp³-hybridized carbons (Fsp3) is 0.357. The average Bonchev–Trinajstić information content (AvgIpc) is 2.72. The summed E-state index contributed by atoms with van der Waals surface area (Å²) in [6.45, 7) is 3.43. The molecule has 0 bridgehead atoms. The van der Waals surface area contributed by atoms with E-state index in [1.165, 1.54) is 10.7 Å². The lowest BCUT2D eigenvalue weighted by atomic mass is 10.1. The van der Waals surface area contributed by atoms with Crippen molar-refractivity contribution in [2.75, 3.05) is 0 Å². The van der Waals surface area contributed by atoms with E-state index in [1.807, 2.05) is 6.92 Å². The Morgan fingerprint density at radius 3 is 2.76 bits per heavy atom. The van der Waals surface area contributed by atoms with Gasteiger partial charge in [0.2, 0.25) is 11.6 Å². The summed E-state index contributed by atoms with van der Waals surface area (Å²) in [5, 5.41) is 24.7. The molecule has 21 heavy (non-hydrogen) atoms. The van der Waals surface area contributed by atoms with E-state index in [2.05, 4.69) is 5.10 Å². The van der Waals surface area contributed by atoms with E-state index in [0.29, 0.717) is 23.6 Å². The van der Waals surface area contributed by atoms with Crippen LogP contribution in [0.15, 0.2) is 18.2 Å². The van der Waals surface area contributed by atoms with Gasteiger partial charge < -0.3 is 9.84 Å². The van der Waals surface area contributed by atoms with Crippen molar-refractivity contribution in [2.24, 2.45) is 7.05 Å². The van der Waals surface area contributed by atoms with Crippen LogP contribution >= 0.6 is 0 Å². The lowest BCUT2D eigenvalue weighted by Crippen LogP contribution is -2.00. The third-order valence-corrected chi connectivity index (χ3v) is 3.28. The molecule has 0 spiro atoms. The average molecular weight is 291 g/mol. The quantitative estimate of drug-likeness (QED) is 0.675. The number of hydrogen-bond donors (Lipinski definition) is 1. The van der Waals surface area contributed by atoms with Gasteiger partial charge >= 0.3 is 5.69 Å². The zero-order valence-electron chi connectivity index (χ0n) is 12.2. The third kappa shape index (κ3) is 2.87. The number of hydrogen-bond acceptors (Lipinski definition) is 5. The Bertz CT molecular complexity index is 679. The lowest BCUT2D eigenvalue weighted by Gasteiger charge is -2.09. The second-order valence-corrected chi connectivity index (χ2v) is 4.67. The number of aryl methyl sites for hydroxylation is 3. The van der Waals surface area contributed by atoms with Gasteiger partial charge in [-0.05, 0) is 25.0 Å². The van der Waals surface area contributed by atoms with Gasteiger partial charge in [0.1, 0.15) is 0 Å². The summed E-state index contributed by atoms with van der Waals surface area (Å²) in [6, 6.07) is 4.85. The summed E-state index contributed by atoms with van der Waals surface area (Å²) in [4.78, 5) is 10.7. The van der Waals surface area contributed by atoms with Crippen LogP contribution in [-0.4, -0.2) is 19.8 Å². The van der Waals surface area contributed by atoms with Crippen LogP contribution in [0.5, 0.6) is 11.6 Å². The van der Waals surface area contributed by atoms with E-state index < -0.39 is 4.92 Å². The predicted molar refractivity (Wildman–Crippen MR) is 76.4 cm³/mol. The molecule has 0 radical (unpaired) electrons. The minimum absolute atomic E-state index is 0.0999. The van der Waals surface area contributed by atoms with Gasteiger partial charge in [0.25, 0.3) is 0 Å². The van der Waals surface area contributed by atoms with Gasteiger partial charge in [-0.2, -0.15) is 5.10 Å². The van der Waals surface area contributed by atoms with Gasteiger partial charge in [-0.3, -0.25) is 10.1 Å². The Morgan fingerprint density at radius 1 is 1.48 bits per heavy atom. The van der Waals surface area contributed by atoms with E-state index in [0.717, 1.165) is 5.56 Å². The maximum Gasteiger partial charge on any atom is 0.311 e. The number of nitro groups is 1. The highest BCUT2D eigenvalue weighted by Gasteiger charge is 2.21. The molecule has 7 nitrogen and oxygen atoms in total. The smallest absolute Gasteiger partial charge is 0.311 e. The van der Waals surface area contributed by atoms with Crippen LogP contribution in [0, 0.1) is 17.0 Å². The van der Waals surface area contributed by atoms with E-state index in [4.69, 9.17) is 4.74 Å². The fourth-order valence-electron chi connectivity index (χ4n) is 2.11. The molecule has 0 saturated carbocycles. The zero-order valence-corrected chi connectivity index (χ0v) is 12.2. The Labute approximate surface area is 121 Å². The van der Waals surface area contributed by atoms with Crippen LogP contribution in [0.3, 0.4) is 0 Å². The Hall–Kier alpha value is -2.41. The lowest BCUT2D eigenvalue weighted by molar-refractivity contribution is -0.385. The topological polar surface area (TPSA) is 90.4 Å². The second-order valence-electron chi connectivity index (χ2n) is 4.67. The number of rotatable bonds is 5. The summed E-state index contributed by atoms with van der Waals surface area (Å²) in [7, 11) is 1.66. The maximum absolute atomic E-state index is 11.2. The van der Waals surface area contributed by atoms with Gasteiger partial charge in [0.15, 0.2) is 0 Å². The van der Waals surface area contributed by atoms with Crippen LogP contribution < -0.4 is 4.74 Å². The van der Waals surface area contributed by atoms with Crippen LogP contribution in [0.25, 0.3) is 0 Å². The van der Waals surface area contributed by atoms with E-state index in [1.54, 1.807) is 26.1 Å². The normalized spacial score (nSPS) is 10.7. The Morgan fingerprint density at radius 2 is 2.19 bits per heavy atom. The van der Waals surface area contributed by atoms with Crippen LogP contribution in [0.2, 0.25) is 0 Å². The standard InChI is InChI=1S/C14H17N3O4/c1-4-10-5-6-13(12(7-10)17(19)20)21-14-11(8-18)9(2)15-16(14)3/h5-7,18H,4,8H2,1-3H3. The van der Waals surface area contributed by atoms with Crippen molar-refractivity contribution < 1.29 is 14.8 Å². The van der Waals surface area contributed by atoms with Crippen LogP contribution in [0.4, 0.5) is 5.69 Å². The molecule has 2 rings (SSSR count). The molecule has 112 valence electrons. The van der Waals surface area contributed by atoms with Crippen molar-refractivity contribution in [3.05, 3.63) is 45.1 Å². The van der Waals surface area contributed by atoms with Gasteiger partial charge in [-0.15, -0.1) is 0 Å². The Kier molecular flexibility index (Phi) is 4.23. The first-order valence-corrected chi connectivity index (χ1v) is 6.56. The number of benzene rings is 1. The van der Waals surface area contributed by atoms with Crippen LogP contribution in [-0.2, 0) is 20.1 Å². The number of ether oxygens (including phenoxy) is 1. The minimum Gasteiger partial charge on any atom is -0.432 e. The first-order valence-electron chi connectivity index (χ1n) is 6.56. The van der Waals surface area contributed by atoms with Crippen molar-refractivity contribution in [3.8, 4) is 11.6 Å². The molecule has 0 aliphatic carbocycles. The SMILES string of the molecule is CCc1ccc(Oc2c(CO)c(C)nn2C)c([N+](=O)[O-])c1. The molecule has 0 atom stereocenters. The first-order chi connectivity index (χ1) is 9.97.